The summed E-state index contributed by atoms with van der Waals surface area (Å²) in [4.78, 5) is 0. The van der Waals surface area contributed by atoms with Crippen molar-refractivity contribution in [3.8, 4) is 0 Å². The Balaban J connectivity index is 1.82. The molecule has 0 aromatic carbocycles. The first kappa shape index (κ1) is 13.7. The maximum atomic E-state index is 5.56. The summed E-state index contributed by atoms with van der Waals surface area (Å²) < 4.78 is 9.19. The monoisotopic (exact) mass is 264 g/mol. The highest BCUT2D eigenvalue weighted by molar-refractivity contribution is 4.93. The van der Waals surface area contributed by atoms with E-state index in [1.54, 1.807) is 0 Å². The molecule has 0 spiro atoms. The highest BCUT2D eigenvalue weighted by Crippen LogP contribution is 2.06. The van der Waals surface area contributed by atoms with E-state index in [-0.39, 0.29) is 0 Å². The number of rotatable bonds is 6. The maximum Gasteiger partial charge on any atom is 0.108 e. The van der Waals surface area contributed by atoms with Gasteiger partial charge in [-0.3, -0.25) is 0 Å². The fourth-order valence-electron chi connectivity index (χ4n) is 1.52. The van der Waals surface area contributed by atoms with Crippen molar-refractivity contribution in [2.45, 2.75) is 53.0 Å². The fraction of sp³-hybridized carbons (Fsp3) is 0.667. The fourth-order valence-corrected chi connectivity index (χ4v) is 1.52. The molecule has 0 atom stereocenters. The van der Waals surface area contributed by atoms with Crippen molar-refractivity contribution < 1.29 is 4.74 Å². The van der Waals surface area contributed by atoms with Crippen molar-refractivity contribution >= 4 is 0 Å². The summed E-state index contributed by atoms with van der Waals surface area (Å²) in [6.45, 7) is 9.10. The van der Waals surface area contributed by atoms with Gasteiger partial charge in [-0.2, -0.15) is 0 Å². The second kappa shape index (κ2) is 5.92. The van der Waals surface area contributed by atoms with Crippen LogP contribution < -0.4 is 0 Å². The molecule has 0 fully saturated rings. The molecule has 0 N–H and O–H groups in total. The van der Waals surface area contributed by atoms with Crippen molar-refractivity contribution in [2.24, 2.45) is 0 Å². The van der Waals surface area contributed by atoms with Gasteiger partial charge in [0.15, 0.2) is 0 Å². The first-order chi connectivity index (χ1) is 9.06. The van der Waals surface area contributed by atoms with E-state index in [9.17, 15) is 0 Å². The van der Waals surface area contributed by atoms with Gasteiger partial charge in [0, 0.05) is 12.1 Å². The zero-order chi connectivity index (χ0) is 13.8. The van der Waals surface area contributed by atoms with Crippen molar-refractivity contribution in [3.63, 3.8) is 0 Å². The average molecular weight is 264 g/mol. The predicted molar refractivity (Wildman–Crippen MR) is 69.3 cm³/mol. The largest absolute Gasteiger partial charge is 0.369 e. The Bertz CT molecular complexity index is 470. The summed E-state index contributed by atoms with van der Waals surface area (Å²) in [6.07, 6.45) is 3.80. The van der Waals surface area contributed by atoms with Crippen LogP contribution in [0.2, 0.25) is 0 Å². The van der Waals surface area contributed by atoms with Gasteiger partial charge < -0.3 is 4.74 Å². The Morgan fingerprint density at radius 1 is 0.895 bits per heavy atom. The summed E-state index contributed by atoms with van der Waals surface area (Å²) in [5.41, 5.74) is 1.65. The van der Waals surface area contributed by atoms with Crippen molar-refractivity contribution in [1.82, 2.24) is 30.0 Å². The van der Waals surface area contributed by atoms with E-state index in [1.165, 1.54) is 0 Å². The van der Waals surface area contributed by atoms with E-state index >= 15 is 0 Å². The topological polar surface area (TPSA) is 70.7 Å². The molecule has 104 valence electrons. The van der Waals surface area contributed by atoms with Crippen LogP contribution in [-0.4, -0.2) is 30.0 Å². The molecule has 0 aliphatic heterocycles. The normalized spacial score (nSPS) is 11.7. The van der Waals surface area contributed by atoms with Crippen LogP contribution in [0.3, 0.4) is 0 Å². The van der Waals surface area contributed by atoms with Crippen LogP contribution in [0.1, 0.15) is 51.2 Å². The van der Waals surface area contributed by atoms with Crippen LogP contribution in [0, 0.1) is 0 Å². The zero-order valence-corrected chi connectivity index (χ0v) is 11.8. The number of hydrogen-bond donors (Lipinski definition) is 0. The molecule has 0 saturated carbocycles. The van der Waals surface area contributed by atoms with Gasteiger partial charge in [0.1, 0.15) is 11.4 Å². The molecule has 2 aromatic heterocycles. The lowest BCUT2D eigenvalue weighted by Gasteiger charge is -2.02. The Kier molecular flexibility index (Phi) is 4.26. The Morgan fingerprint density at radius 2 is 1.32 bits per heavy atom. The first-order valence-electron chi connectivity index (χ1n) is 6.45. The summed E-state index contributed by atoms with van der Waals surface area (Å²) >= 11 is 0. The van der Waals surface area contributed by atoms with E-state index in [0.717, 1.165) is 11.4 Å². The van der Waals surface area contributed by atoms with Gasteiger partial charge >= 0.3 is 0 Å². The molecule has 0 aliphatic rings. The van der Waals surface area contributed by atoms with Gasteiger partial charge in [0.25, 0.3) is 0 Å². The lowest BCUT2D eigenvalue weighted by molar-refractivity contribution is 0.102. The minimum absolute atomic E-state index is 0.312. The second-order valence-corrected chi connectivity index (χ2v) is 5.06. The molecule has 7 heteroatoms. The van der Waals surface area contributed by atoms with E-state index in [1.807, 2.05) is 21.8 Å². The molecule has 0 radical (unpaired) electrons. The second-order valence-electron chi connectivity index (χ2n) is 5.06. The van der Waals surface area contributed by atoms with Crippen molar-refractivity contribution in [1.29, 1.82) is 0 Å². The standard InChI is InChI=1S/C12H20N6O/c1-9(2)17-5-11(13-15-17)7-19-8-12-6-18(10(3)4)16-14-12/h5-6,9-10H,7-8H2,1-4H3. The number of nitrogens with zero attached hydrogens (tertiary/aromatic N) is 6. The van der Waals surface area contributed by atoms with Crippen LogP contribution in [0.25, 0.3) is 0 Å². The maximum absolute atomic E-state index is 5.56. The third kappa shape index (κ3) is 3.60. The number of aromatic nitrogens is 6. The average Bonchev–Trinajstić information content (AvgIpc) is 2.97. The minimum atomic E-state index is 0.312. The molecule has 2 heterocycles. The minimum Gasteiger partial charge on any atom is -0.369 e. The number of hydrogen-bond acceptors (Lipinski definition) is 5. The molecular weight excluding hydrogens is 244 g/mol. The van der Waals surface area contributed by atoms with Crippen LogP contribution in [0.4, 0.5) is 0 Å². The highest BCUT2D eigenvalue weighted by Gasteiger charge is 2.06. The van der Waals surface area contributed by atoms with E-state index in [2.05, 4.69) is 48.3 Å². The highest BCUT2D eigenvalue weighted by atomic mass is 16.5. The smallest absolute Gasteiger partial charge is 0.108 e. The molecule has 0 aliphatic carbocycles. The third-order valence-electron chi connectivity index (χ3n) is 2.67. The van der Waals surface area contributed by atoms with Gasteiger partial charge in [0.2, 0.25) is 0 Å². The lowest BCUT2D eigenvalue weighted by Crippen LogP contribution is -2.00. The summed E-state index contributed by atoms with van der Waals surface area (Å²) in [5.74, 6) is 0. The van der Waals surface area contributed by atoms with Gasteiger partial charge in [-0.05, 0) is 27.7 Å². The molecule has 0 saturated heterocycles. The molecule has 0 amide bonds. The summed E-state index contributed by atoms with van der Waals surface area (Å²) in [5, 5.41) is 16.1. The molecule has 0 bridgehead atoms. The van der Waals surface area contributed by atoms with E-state index in [4.69, 9.17) is 4.74 Å². The Morgan fingerprint density at radius 3 is 1.63 bits per heavy atom. The van der Waals surface area contributed by atoms with Crippen molar-refractivity contribution in [3.05, 3.63) is 23.8 Å². The molecule has 2 rings (SSSR count). The Labute approximate surface area is 112 Å². The van der Waals surface area contributed by atoms with Crippen molar-refractivity contribution in [2.75, 3.05) is 0 Å². The van der Waals surface area contributed by atoms with Gasteiger partial charge in [-0.25, -0.2) is 9.36 Å². The lowest BCUT2D eigenvalue weighted by atomic mass is 10.4. The van der Waals surface area contributed by atoms with Crippen LogP contribution in [-0.2, 0) is 18.0 Å². The van der Waals surface area contributed by atoms with Gasteiger partial charge in [0.05, 0.1) is 25.6 Å². The molecule has 19 heavy (non-hydrogen) atoms. The first-order valence-corrected chi connectivity index (χ1v) is 6.45. The van der Waals surface area contributed by atoms with Crippen LogP contribution in [0.15, 0.2) is 12.4 Å². The quantitative estimate of drug-likeness (QED) is 0.795. The van der Waals surface area contributed by atoms with E-state index in [0.29, 0.717) is 25.3 Å². The zero-order valence-electron chi connectivity index (χ0n) is 11.8. The molecule has 2 aromatic rings. The van der Waals surface area contributed by atoms with Crippen LogP contribution >= 0.6 is 0 Å². The molecule has 0 unspecified atom stereocenters. The van der Waals surface area contributed by atoms with Gasteiger partial charge in [-0.1, -0.05) is 10.4 Å². The predicted octanol–water partition coefficient (Wildman–Crippen LogP) is 1.75. The van der Waals surface area contributed by atoms with Crippen LogP contribution in [0.5, 0.6) is 0 Å². The third-order valence-corrected chi connectivity index (χ3v) is 2.67. The summed E-state index contributed by atoms with van der Waals surface area (Å²) in [7, 11) is 0. The molecular formula is C12H20N6O. The Hall–Kier alpha value is -1.76. The SMILES string of the molecule is CC(C)n1cc(COCc2cn(C(C)C)nn2)nn1. The molecule has 7 nitrogen and oxygen atoms in total. The van der Waals surface area contributed by atoms with Gasteiger partial charge in [-0.15, -0.1) is 10.2 Å². The summed E-state index contributed by atoms with van der Waals surface area (Å²) in [6, 6.07) is 0.624. The number of ether oxygens (including phenoxy) is 1. The van der Waals surface area contributed by atoms with E-state index < -0.39 is 0 Å².